The van der Waals surface area contributed by atoms with Crippen molar-refractivity contribution in [3.8, 4) is 0 Å². The second-order valence-electron chi connectivity index (χ2n) is 6.17. The van der Waals surface area contributed by atoms with Gasteiger partial charge in [-0.1, -0.05) is 36.8 Å². The Morgan fingerprint density at radius 2 is 1.87 bits per heavy atom. The lowest BCUT2D eigenvalue weighted by atomic mass is 10.1. The van der Waals surface area contributed by atoms with Crippen molar-refractivity contribution in [3.05, 3.63) is 35.4 Å². The van der Waals surface area contributed by atoms with Crippen molar-refractivity contribution in [2.45, 2.75) is 45.7 Å². The van der Waals surface area contributed by atoms with Crippen LogP contribution in [0.1, 0.15) is 37.3 Å². The normalized spacial score (nSPS) is 16.7. The van der Waals surface area contributed by atoms with Crippen LogP contribution in [-0.4, -0.2) is 43.6 Å². The summed E-state index contributed by atoms with van der Waals surface area (Å²) in [6.45, 7) is 8.80. The molecule has 0 aromatic heterocycles. The number of nitrogens with zero attached hydrogens (tertiary/aromatic N) is 2. The van der Waals surface area contributed by atoms with Gasteiger partial charge in [-0.15, -0.1) is 24.0 Å². The third kappa shape index (κ3) is 7.08. The van der Waals surface area contributed by atoms with E-state index in [1.807, 2.05) is 7.05 Å². The number of hydrogen-bond acceptors (Lipinski definition) is 2. The molecular formula is C18H31IN4. The first-order valence-corrected chi connectivity index (χ1v) is 8.46. The first kappa shape index (κ1) is 20.2. The minimum absolute atomic E-state index is 0. The van der Waals surface area contributed by atoms with Crippen LogP contribution in [0.3, 0.4) is 0 Å². The molecule has 1 fully saturated rings. The molecule has 0 atom stereocenters. The Labute approximate surface area is 158 Å². The van der Waals surface area contributed by atoms with Gasteiger partial charge >= 0.3 is 0 Å². The highest BCUT2D eigenvalue weighted by molar-refractivity contribution is 14.0. The lowest BCUT2D eigenvalue weighted by molar-refractivity contribution is 0.206. The van der Waals surface area contributed by atoms with Crippen molar-refractivity contribution in [3.63, 3.8) is 0 Å². The standard InChI is InChI=1S/C18H30N4.HI/c1-4-11-22-12-9-17(10-13-22)21-18(19-3)20-14-16-7-5-15(2)6-8-16;/h5-8,17H,4,9-14H2,1-3H3,(H2,19,20,21);1H. The highest BCUT2D eigenvalue weighted by Crippen LogP contribution is 2.10. The van der Waals surface area contributed by atoms with Gasteiger partial charge in [-0.05, 0) is 38.3 Å². The molecule has 2 N–H and O–H groups in total. The van der Waals surface area contributed by atoms with E-state index in [1.54, 1.807) is 0 Å². The predicted molar refractivity (Wildman–Crippen MR) is 110 cm³/mol. The average molecular weight is 430 g/mol. The molecule has 4 nitrogen and oxygen atoms in total. The Balaban J connectivity index is 0.00000264. The van der Waals surface area contributed by atoms with E-state index in [0.717, 1.165) is 12.5 Å². The highest BCUT2D eigenvalue weighted by atomic mass is 127. The Hall–Kier alpha value is -0.820. The third-order valence-corrected chi connectivity index (χ3v) is 4.27. The number of nitrogens with one attached hydrogen (secondary N) is 2. The molecule has 1 heterocycles. The number of rotatable bonds is 5. The summed E-state index contributed by atoms with van der Waals surface area (Å²) >= 11 is 0. The fourth-order valence-corrected chi connectivity index (χ4v) is 2.90. The van der Waals surface area contributed by atoms with Gasteiger partial charge < -0.3 is 15.5 Å². The number of halogens is 1. The third-order valence-electron chi connectivity index (χ3n) is 4.27. The molecular weight excluding hydrogens is 399 g/mol. The number of aliphatic imine (C=N–C) groups is 1. The number of hydrogen-bond donors (Lipinski definition) is 2. The molecule has 0 unspecified atom stereocenters. The number of benzene rings is 1. The quantitative estimate of drug-likeness (QED) is 0.429. The summed E-state index contributed by atoms with van der Waals surface area (Å²) in [4.78, 5) is 6.91. The zero-order valence-electron chi connectivity index (χ0n) is 14.6. The van der Waals surface area contributed by atoms with Crippen molar-refractivity contribution in [2.24, 2.45) is 4.99 Å². The molecule has 0 bridgehead atoms. The Morgan fingerprint density at radius 1 is 1.22 bits per heavy atom. The molecule has 0 saturated carbocycles. The molecule has 0 radical (unpaired) electrons. The summed E-state index contributed by atoms with van der Waals surface area (Å²) in [5.74, 6) is 0.912. The molecule has 1 aliphatic rings. The molecule has 130 valence electrons. The number of guanidine groups is 1. The van der Waals surface area contributed by atoms with E-state index in [-0.39, 0.29) is 24.0 Å². The summed E-state index contributed by atoms with van der Waals surface area (Å²) in [6.07, 6.45) is 3.65. The second-order valence-corrected chi connectivity index (χ2v) is 6.17. The minimum Gasteiger partial charge on any atom is -0.354 e. The SMILES string of the molecule is CCCN1CCC(NC(=NC)NCc2ccc(C)cc2)CC1.I. The number of piperidine rings is 1. The van der Waals surface area contributed by atoms with Gasteiger partial charge in [-0.25, -0.2) is 0 Å². The lowest BCUT2D eigenvalue weighted by Crippen LogP contribution is -2.48. The van der Waals surface area contributed by atoms with E-state index < -0.39 is 0 Å². The fraction of sp³-hybridized carbons (Fsp3) is 0.611. The molecule has 2 rings (SSSR count). The smallest absolute Gasteiger partial charge is 0.191 e. The predicted octanol–water partition coefficient (Wildman–Crippen LogP) is 3.15. The number of aryl methyl sites for hydroxylation is 1. The highest BCUT2D eigenvalue weighted by Gasteiger charge is 2.19. The Bertz CT molecular complexity index is 464. The molecule has 1 aromatic carbocycles. The van der Waals surface area contributed by atoms with Gasteiger partial charge in [0.05, 0.1) is 0 Å². The van der Waals surface area contributed by atoms with Crippen LogP contribution in [-0.2, 0) is 6.54 Å². The molecule has 1 aliphatic heterocycles. The maximum absolute atomic E-state index is 4.35. The van der Waals surface area contributed by atoms with E-state index in [1.165, 1.54) is 50.0 Å². The maximum Gasteiger partial charge on any atom is 0.191 e. The van der Waals surface area contributed by atoms with Crippen LogP contribution in [0.2, 0.25) is 0 Å². The van der Waals surface area contributed by atoms with Crippen LogP contribution < -0.4 is 10.6 Å². The van der Waals surface area contributed by atoms with Crippen LogP contribution in [0.15, 0.2) is 29.3 Å². The monoisotopic (exact) mass is 430 g/mol. The molecule has 0 aliphatic carbocycles. The van der Waals surface area contributed by atoms with Crippen molar-refractivity contribution < 1.29 is 0 Å². The minimum atomic E-state index is 0. The van der Waals surface area contributed by atoms with Crippen molar-refractivity contribution in [1.82, 2.24) is 15.5 Å². The topological polar surface area (TPSA) is 39.7 Å². The van der Waals surface area contributed by atoms with Crippen LogP contribution >= 0.6 is 24.0 Å². The van der Waals surface area contributed by atoms with Crippen molar-refractivity contribution in [2.75, 3.05) is 26.7 Å². The molecule has 23 heavy (non-hydrogen) atoms. The maximum atomic E-state index is 4.35. The van der Waals surface area contributed by atoms with Crippen molar-refractivity contribution in [1.29, 1.82) is 0 Å². The summed E-state index contributed by atoms with van der Waals surface area (Å²) in [6, 6.07) is 9.17. The van der Waals surface area contributed by atoms with Crippen LogP contribution in [0, 0.1) is 6.92 Å². The van der Waals surface area contributed by atoms with Gasteiger partial charge in [0, 0.05) is 32.7 Å². The molecule has 0 amide bonds. The zero-order valence-corrected chi connectivity index (χ0v) is 17.0. The van der Waals surface area contributed by atoms with Crippen molar-refractivity contribution >= 4 is 29.9 Å². The summed E-state index contributed by atoms with van der Waals surface area (Å²) in [5, 5.41) is 6.98. The molecule has 5 heteroatoms. The zero-order chi connectivity index (χ0) is 15.8. The van der Waals surface area contributed by atoms with Gasteiger partial charge in [-0.2, -0.15) is 0 Å². The fourth-order valence-electron chi connectivity index (χ4n) is 2.90. The molecule has 1 aromatic rings. The van der Waals surface area contributed by atoms with Crippen LogP contribution in [0.25, 0.3) is 0 Å². The largest absolute Gasteiger partial charge is 0.354 e. The van der Waals surface area contributed by atoms with Crippen LogP contribution in [0.4, 0.5) is 0 Å². The van der Waals surface area contributed by atoms with E-state index in [4.69, 9.17) is 0 Å². The Morgan fingerprint density at radius 3 is 2.43 bits per heavy atom. The average Bonchev–Trinajstić information content (AvgIpc) is 2.55. The van der Waals surface area contributed by atoms with Gasteiger partial charge in [0.1, 0.15) is 0 Å². The summed E-state index contributed by atoms with van der Waals surface area (Å²) in [5.41, 5.74) is 2.58. The van der Waals surface area contributed by atoms with Gasteiger partial charge in [-0.3, -0.25) is 4.99 Å². The molecule has 0 spiro atoms. The first-order chi connectivity index (χ1) is 10.7. The van der Waals surface area contributed by atoms with E-state index in [9.17, 15) is 0 Å². The van der Waals surface area contributed by atoms with Gasteiger partial charge in [0.2, 0.25) is 0 Å². The van der Waals surface area contributed by atoms with Gasteiger partial charge in [0.15, 0.2) is 5.96 Å². The van der Waals surface area contributed by atoms with E-state index >= 15 is 0 Å². The number of likely N-dealkylation sites (tertiary alicyclic amines) is 1. The van der Waals surface area contributed by atoms with Crippen LogP contribution in [0.5, 0.6) is 0 Å². The van der Waals surface area contributed by atoms with E-state index in [0.29, 0.717) is 6.04 Å². The van der Waals surface area contributed by atoms with Gasteiger partial charge in [0.25, 0.3) is 0 Å². The van der Waals surface area contributed by atoms with E-state index in [2.05, 4.69) is 58.6 Å². The second kappa shape index (κ2) is 10.9. The summed E-state index contributed by atoms with van der Waals surface area (Å²) < 4.78 is 0. The lowest BCUT2D eigenvalue weighted by Gasteiger charge is -2.32. The summed E-state index contributed by atoms with van der Waals surface area (Å²) in [7, 11) is 1.84. The Kier molecular flexibility index (Phi) is 9.55. The first-order valence-electron chi connectivity index (χ1n) is 8.46. The molecule has 1 saturated heterocycles.